The molecular formula is C33H30ClFN2O5. The maximum Gasteiger partial charge on any atom is 0.326 e. The number of nitrogens with one attached hydrogen (secondary N) is 2. The van der Waals surface area contributed by atoms with Crippen LogP contribution in [0.5, 0.6) is 5.75 Å². The average molecular weight is 589 g/mol. The molecule has 0 aliphatic heterocycles. The van der Waals surface area contributed by atoms with Crippen LogP contribution in [0, 0.1) is 11.7 Å². The standard InChI is InChI=1S/C33H30ClFN2O5/c1-19(2)30(33(41)42)37-32(40)28(16-20-8-10-22(11-9-20)21-6-4-3-5-7-21)36-31(39)25-17-23(13-15-29(25)38)24-12-14-27(35)26(34)18-24/h3-15,17-19,28,30,38H,16H2,1-2H3,(H,36,39)(H,37,40)(H,41,42)/t28-,30?/m0/s1. The van der Waals surface area contributed by atoms with Gasteiger partial charge < -0.3 is 20.8 Å². The summed E-state index contributed by atoms with van der Waals surface area (Å²) in [5.74, 6) is -3.96. The van der Waals surface area contributed by atoms with Crippen molar-refractivity contribution in [2.45, 2.75) is 32.4 Å². The molecular weight excluding hydrogens is 559 g/mol. The lowest BCUT2D eigenvalue weighted by Crippen LogP contribution is -2.53. The van der Waals surface area contributed by atoms with E-state index in [4.69, 9.17) is 11.6 Å². The number of phenolic OH excluding ortho intramolecular Hbond substituents is 1. The minimum absolute atomic E-state index is 0.0606. The molecule has 0 saturated carbocycles. The van der Waals surface area contributed by atoms with Crippen molar-refractivity contribution in [3.8, 4) is 28.0 Å². The highest BCUT2D eigenvalue weighted by Crippen LogP contribution is 2.29. The van der Waals surface area contributed by atoms with Gasteiger partial charge in [-0.3, -0.25) is 9.59 Å². The smallest absolute Gasteiger partial charge is 0.326 e. The zero-order valence-electron chi connectivity index (χ0n) is 23.0. The minimum atomic E-state index is -1.20. The number of carboxylic acids is 1. The molecule has 4 aromatic carbocycles. The molecule has 216 valence electrons. The lowest BCUT2D eigenvalue weighted by atomic mass is 9.98. The molecule has 2 atom stereocenters. The Bertz CT molecular complexity index is 1590. The summed E-state index contributed by atoms with van der Waals surface area (Å²) >= 11 is 5.92. The Morgan fingerprint density at radius 2 is 1.40 bits per heavy atom. The van der Waals surface area contributed by atoms with Gasteiger partial charge in [0.1, 0.15) is 23.7 Å². The third-order valence-corrected chi connectivity index (χ3v) is 7.14. The zero-order valence-corrected chi connectivity index (χ0v) is 23.7. The number of aliphatic carboxylic acids is 1. The maximum atomic E-state index is 13.7. The molecule has 2 amide bonds. The van der Waals surface area contributed by atoms with E-state index in [0.29, 0.717) is 11.1 Å². The molecule has 0 spiro atoms. The molecule has 0 heterocycles. The van der Waals surface area contributed by atoms with Crippen LogP contribution >= 0.6 is 11.6 Å². The minimum Gasteiger partial charge on any atom is -0.507 e. The molecule has 0 fully saturated rings. The lowest BCUT2D eigenvalue weighted by Gasteiger charge is -2.23. The average Bonchev–Trinajstić information content (AvgIpc) is 2.97. The molecule has 1 unspecified atom stereocenters. The summed E-state index contributed by atoms with van der Waals surface area (Å²) in [6.07, 6.45) is 0.0606. The van der Waals surface area contributed by atoms with Crippen molar-refractivity contribution in [2.24, 2.45) is 5.92 Å². The van der Waals surface area contributed by atoms with E-state index in [2.05, 4.69) is 10.6 Å². The third-order valence-electron chi connectivity index (χ3n) is 6.85. The Labute approximate surface area is 248 Å². The molecule has 0 bridgehead atoms. The van der Waals surface area contributed by atoms with Gasteiger partial charge in [-0.05, 0) is 58.0 Å². The molecule has 4 rings (SSSR count). The number of halogens is 2. The normalized spacial score (nSPS) is 12.4. The summed E-state index contributed by atoms with van der Waals surface area (Å²) < 4.78 is 13.7. The maximum absolute atomic E-state index is 13.7. The fraction of sp³-hybridized carbons (Fsp3) is 0.182. The van der Waals surface area contributed by atoms with E-state index in [1.807, 2.05) is 54.6 Å². The van der Waals surface area contributed by atoms with Crippen LogP contribution in [0.4, 0.5) is 4.39 Å². The highest BCUT2D eigenvalue weighted by atomic mass is 35.5. The van der Waals surface area contributed by atoms with Crippen LogP contribution < -0.4 is 10.6 Å². The second-order valence-corrected chi connectivity index (χ2v) is 10.6. The van der Waals surface area contributed by atoms with Crippen LogP contribution in [0.15, 0.2) is 91.0 Å². The number of amides is 2. The van der Waals surface area contributed by atoms with Gasteiger partial charge in [-0.1, -0.05) is 92.2 Å². The molecule has 7 nitrogen and oxygen atoms in total. The summed E-state index contributed by atoms with van der Waals surface area (Å²) in [7, 11) is 0. The fourth-order valence-electron chi connectivity index (χ4n) is 4.49. The fourth-order valence-corrected chi connectivity index (χ4v) is 4.67. The van der Waals surface area contributed by atoms with E-state index >= 15 is 0 Å². The van der Waals surface area contributed by atoms with Crippen molar-refractivity contribution >= 4 is 29.4 Å². The Morgan fingerprint density at radius 1 is 0.810 bits per heavy atom. The Kier molecular flexibility index (Phi) is 9.60. The van der Waals surface area contributed by atoms with Gasteiger partial charge in [-0.2, -0.15) is 0 Å². The van der Waals surface area contributed by atoms with Crippen molar-refractivity contribution in [2.75, 3.05) is 0 Å². The summed E-state index contributed by atoms with van der Waals surface area (Å²) in [6, 6.07) is 23.2. The third kappa shape index (κ3) is 7.33. The highest BCUT2D eigenvalue weighted by Gasteiger charge is 2.29. The number of carbonyl (C=O) groups excluding carboxylic acids is 2. The summed E-state index contributed by atoms with van der Waals surface area (Å²) in [5, 5.41) is 25.2. The Hall–Kier alpha value is -4.69. The van der Waals surface area contributed by atoms with Gasteiger partial charge in [0.05, 0.1) is 10.6 Å². The number of carboxylic acid groups (broad SMARTS) is 1. The number of carbonyl (C=O) groups is 3. The molecule has 4 aromatic rings. The first kappa shape index (κ1) is 30.3. The van der Waals surface area contributed by atoms with E-state index in [1.165, 1.54) is 30.3 Å². The highest BCUT2D eigenvalue weighted by molar-refractivity contribution is 6.31. The molecule has 0 saturated heterocycles. The van der Waals surface area contributed by atoms with Crippen molar-refractivity contribution in [1.29, 1.82) is 0 Å². The van der Waals surface area contributed by atoms with Crippen LogP contribution in [0.1, 0.15) is 29.8 Å². The SMILES string of the molecule is CC(C)C(NC(=O)[C@H](Cc1ccc(-c2ccccc2)cc1)NC(=O)c1cc(-c2ccc(F)c(Cl)c2)ccc1O)C(=O)O. The molecule has 9 heteroatoms. The molecule has 0 aromatic heterocycles. The van der Waals surface area contributed by atoms with Crippen molar-refractivity contribution in [1.82, 2.24) is 10.6 Å². The van der Waals surface area contributed by atoms with Crippen LogP contribution in [0.3, 0.4) is 0 Å². The second kappa shape index (κ2) is 13.3. The first-order valence-corrected chi connectivity index (χ1v) is 13.7. The predicted molar refractivity (Wildman–Crippen MR) is 160 cm³/mol. The van der Waals surface area contributed by atoms with Gasteiger partial charge in [-0.15, -0.1) is 0 Å². The molecule has 0 aliphatic carbocycles. The van der Waals surface area contributed by atoms with Crippen LogP contribution in [-0.4, -0.2) is 40.1 Å². The van der Waals surface area contributed by atoms with Gasteiger partial charge >= 0.3 is 5.97 Å². The zero-order chi connectivity index (χ0) is 30.4. The topological polar surface area (TPSA) is 116 Å². The van der Waals surface area contributed by atoms with Crippen LogP contribution in [0.25, 0.3) is 22.3 Å². The first-order valence-electron chi connectivity index (χ1n) is 13.3. The number of rotatable bonds is 10. The predicted octanol–water partition coefficient (Wildman–Crippen LogP) is 6.09. The molecule has 42 heavy (non-hydrogen) atoms. The Morgan fingerprint density at radius 3 is 2.02 bits per heavy atom. The quantitative estimate of drug-likeness (QED) is 0.179. The molecule has 0 radical (unpaired) electrons. The molecule has 4 N–H and O–H groups in total. The molecule has 0 aliphatic rings. The van der Waals surface area contributed by atoms with Crippen LogP contribution in [0.2, 0.25) is 5.02 Å². The van der Waals surface area contributed by atoms with Crippen LogP contribution in [-0.2, 0) is 16.0 Å². The second-order valence-electron chi connectivity index (χ2n) is 10.2. The van der Waals surface area contributed by atoms with Gasteiger partial charge in [0.15, 0.2) is 0 Å². The summed E-state index contributed by atoms with van der Waals surface area (Å²) in [5.41, 5.74) is 3.60. The van der Waals surface area contributed by atoms with E-state index in [0.717, 1.165) is 16.7 Å². The largest absolute Gasteiger partial charge is 0.507 e. The van der Waals surface area contributed by atoms with Crippen molar-refractivity contribution in [3.05, 3.63) is 113 Å². The van der Waals surface area contributed by atoms with Gasteiger partial charge in [-0.25, -0.2) is 9.18 Å². The van der Waals surface area contributed by atoms with Crippen molar-refractivity contribution < 1.29 is 29.0 Å². The first-order chi connectivity index (χ1) is 20.0. The van der Waals surface area contributed by atoms with Gasteiger partial charge in [0, 0.05) is 6.42 Å². The summed E-state index contributed by atoms with van der Waals surface area (Å²) in [4.78, 5) is 38.5. The number of hydrogen-bond acceptors (Lipinski definition) is 4. The van der Waals surface area contributed by atoms with Gasteiger partial charge in [0.2, 0.25) is 5.91 Å². The number of benzene rings is 4. The van der Waals surface area contributed by atoms with E-state index in [-0.39, 0.29) is 22.8 Å². The Balaban J connectivity index is 1.62. The number of aromatic hydroxyl groups is 1. The van der Waals surface area contributed by atoms with E-state index < -0.39 is 41.6 Å². The summed E-state index contributed by atoms with van der Waals surface area (Å²) in [6.45, 7) is 3.33. The number of hydrogen-bond donors (Lipinski definition) is 4. The van der Waals surface area contributed by atoms with E-state index in [1.54, 1.807) is 19.9 Å². The number of phenols is 1. The lowest BCUT2D eigenvalue weighted by molar-refractivity contribution is -0.143. The van der Waals surface area contributed by atoms with Crippen molar-refractivity contribution in [3.63, 3.8) is 0 Å². The van der Waals surface area contributed by atoms with E-state index in [9.17, 15) is 29.0 Å². The van der Waals surface area contributed by atoms with Gasteiger partial charge in [0.25, 0.3) is 5.91 Å². The monoisotopic (exact) mass is 588 g/mol.